The largest absolute Gasteiger partial charge is 0.374 e. The van der Waals surface area contributed by atoms with Gasteiger partial charge in [0.2, 0.25) is 5.89 Å². The Morgan fingerprint density at radius 3 is 3.06 bits per heavy atom. The molecule has 0 bridgehead atoms. The first-order valence-electron chi connectivity index (χ1n) is 5.30. The summed E-state index contributed by atoms with van der Waals surface area (Å²) in [5.74, 6) is 0.904. The van der Waals surface area contributed by atoms with Gasteiger partial charge in [0.25, 0.3) is 0 Å². The Kier molecular flexibility index (Phi) is 3.50. The molecule has 7 nitrogen and oxygen atoms in total. The van der Waals surface area contributed by atoms with Crippen molar-refractivity contribution in [1.82, 2.24) is 20.1 Å². The van der Waals surface area contributed by atoms with Gasteiger partial charge in [-0.3, -0.25) is 0 Å². The van der Waals surface area contributed by atoms with Crippen molar-refractivity contribution >= 4 is 0 Å². The van der Waals surface area contributed by atoms with Crippen LogP contribution in [0.15, 0.2) is 17.0 Å². The van der Waals surface area contributed by atoms with Crippen LogP contribution in [0.25, 0.3) is 0 Å². The highest BCUT2D eigenvalue weighted by atomic mass is 16.5. The number of hydrogen-bond acceptors (Lipinski definition) is 6. The normalized spacial score (nSPS) is 14.8. The van der Waals surface area contributed by atoms with Crippen molar-refractivity contribution in [2.45, 2.75) is 25.5 Å². The van der Waals surface area contributed by atoms with E-state index in [2.05, 4.69) is 20.1 Å². The Morgan fingerprint density at radius 1 is 1.59 bits per heavy atom. The predicted molar refractivity (Wildman–Crippen MR) is 58.9 cm³/mol. The van der Waals surface area contributed by atoms with E-state index in [-0.39, 0.29) is 12.1 Å². The molecule has 2 rings (SSSR count). The second-order valence-corrected chi connectivity index (χ2v) is 3.76. The van der Waals surface area contributed by atoms with E-state index in [0.29, 0.717) is 18.1 Å². The van der Waals surface area contributed by atoms with Crippen molar-refractivity contribution in [1.29, 1.82) is 0 Å². The molecule has 2 aromatic heterocycles. The van der Waals surface area contributed by atoms with E-state index in [1.54, 1.807) is 19.6 Å². The average molecular weight is 237 g/mol. The number of aromatic amines is 1. The summed E-state index contributed by atoms with van der Waals surface area (Å²) in [7, 11) is 1.59. The van der Waals surface area contributed by atoms with Gasteiger partial charge in [0.1, 0.15) is 6.10 Å². The van der Waals surface area contributed by atoms with E-state index in [0.717, 1.165) is 5.69 Å². The first kappa shape index (κ1) is 11.7. The van der Waals surface area contributed by atoms with E-state index < -0.39 is 0 Å². The summed E-state index contributed by atoms with van der Waals surface area (Å²) >= 11 is 0. The molecule has 92 valence electrons. The number of methoxy groups -OCH3 is 1. The lowest BCUT2D eigenvalue weighted by molar-refractivity contribution is 0.109. The maximum absolute atomic E-state index is 5.96. The Labute approximate surface area is 98.4 Å². The maximum Gasteiger partial charge on any atom is 0.244 e. The first-order chi connectivity index (χ1) is 8.20. The highest BCUT2D eigenvalue weighted by molar-refractivity contribution is 5.02. The van der Waals surface area contributed by atoms with Gasteiger partial charge >= 0.3 is 0 Å². The Balaban J connectivity index is 2.04. The van der Waals surface area contributed by atoms with Crippen LogP contribution in [0.5, 0.6) is 0 Å². The topological polar surface area (TPSA) is 103 Å². The summed E-state index contributed by atoms with van der Waals surface area (Å²) in [4.78, 5) is 11.1. The lowest BCUT2D eigenvalue weighted by atomic mass is 10.2. The number of rotatable bonds is 5. The van der Waals surface area contributed by atoms with Crippen LogP contribution in [-0.2, 0) is 11.2 Å². The number of nitrogens with zero attached hydrogens (tertiary/aromatic N) is 3. The fraction of sp³-hybridized carbons (Fsp3) is 0.500. The van der Waals surface area contributed by atoms with Crippen LogP contribution < -0.4 is 5.73 Å². The summed E-state index contributed by atoms with van der Waals surface area (Å²) in [6, 6.07) is -0.347. The quantitative estimate of drug-likeness (QED) is 0.795. The van der Waals surface area contributed by atoms with Crippen LogP contribution in [0.4, 0.5) is 0 Å². The summed E-state index contributed by atoms with van der Waals surface area (Å²) < 4.78 is 10.2. The third kappa shape index (κ3) is 2.69. The van der Waals surface area contributed by atoms with Gasteiger partial charge in [-0.05, 0) is 6.92 Å². The average Bonchev–Trinajstić information content (AvgIpc) is 2.98. The minimum absolute atomic E-state index is 0.202. The van der Waals surface area contributed by atoms with E-state index in [9.17, 15) is 0 Å². The molecule has 2 heterocycles. The van der Waals surface area contributed by atoms with Crippen molar-refractivity contribution in [2.75, 3.05) is 7.11 Å². The predicted octanol–water partition coefficient (Wildman–Crippen LogP) is 0.743. The molecule has 7 heteroatoms. The molecule has 0 aliphatic heterocycles. The summed E-state index contributed by atoms with van der Waals surface area (Å²) in [5, 5.41) is 3.82. The van der Waals surface area contributed by atoms with E-state index >= 15 is 0 Å². The number of nitrogens with two attached hydrogens (primary N) is 1. The summed E-state index contributed by atoms with van der Waals surface area (Å²) in [6.07, 6.45) is 3.69. The van der Waals surface area contributed by atoms with Gasteiger partial charge in [-0.2, -0.15) is 4.98 Å². The molecular formula is C10H15N5O2. The molecule has 3 N–H and O–H groups in total. The summed E-state index contributed by atoms with van der Waals surface area (Å²) in [5.41, 5.74) is 6.88. The first-order valence-corrected chi connectivity index (χ1v) is 5.30. The fourth-order valence-electron chi connectivity index (χ4n) is 1.39. The Morgan fingerprint density at radius 2 is 2.41 bits per heavy atom. The highest BCUT2D eigenvalue weighted by Gasteiger charge is 2.18. The molecule has 0 fully saturated rings. The number of H-pyrrole nitrogens is 1. The Bertz CT molecular complexity index is 453. The zero-order valence-corrected chi connectivity index (χ0v) is 9.75. The molecule has 0 spiro atoms. The fourth-order valence-corrected chi connectivity index (χ4v) is 1.39. The lowest BCUT2D eigenvalue weighted by Gasteiger charge is -2.04. The van der Waals surface area contributed by atoms with Gasteiger partial charge in [-0.1, -0.05) is 5.16 Å². The van der Waals surface area contributed by atoms with E-state index in [1.165, 1.54) is 0 Å². The highest BCUT2D eigenvalue weighted by Crippen LogP contribution is 2.16. The molecule has 2 aromatic rings. The second kappa shape index (κ2) is 5.07. The van der Waals surface area contributed by atoms with Gasteiger partial charge in [-0.25, -0.2) is 4.98 Å². The van der Waals surface area contributed by atoms with Crippen LogP contribution >= 0.6 is 0 Å². The molecule has 17 heavy (non-hydrogen) atoms. The van der Waals surface area contributed by atoms with E-state index in [4.69, 9.17) is 15.0 Å². The number of ether oxygens (including phenoxy) is 1. The molecule has 2 atom stereocenters. The zero-order valence-electron chi connectivity index (χ0n) is 9.75. The van der Waals surface area contributed by atoms with Gasteiger partial charge in [0.15, 0.2) is 5.82 Å². The third-order valence-corrected chi connectivity index (χ3v) is 2.49. The SMILES string of the molecule is COC(C)c1noc([C@@H](N)Cc2cnc[nH]2)n1. The third-order valence-electron chi connectivity index (χ3n) is 2.49. The molecule has 0 amide bonds. The zero-order chi connectivity index (χ0) is 12.3. The minimum Gasteiger partial charge on any atom is -0.374 e. The monoisotopic (exact) mass is 237 g/mol. The number of imidazole rings is 1. The van der Waals surface area contributed by atoms with Crippen molar-refractivity contribution < 1.29 is 9.26 Å². The molecular weight excluding hydrogens is 222 g/mol. The van der Waals surface area contributed by atoms with Crippen molar-refractivity contribution in [3.05, 3.63) is 29.9 Å². The minimum atomic E-state index is -0.347. The van der Waals surface area contributed by atoms with Gasteiger partial charge in [0, 0.05) is 25.4 Å². The molecule has 0 saturated heterocycles. The van der Waals surface area contributed by atoms with Crippen molar-refractivity contribution in [2.24, 2.45) is 5.73 Å². The Hall–Kier alpha value is -1.73. The molecule has 0 saturated carbocycles. The second-order valence-electron chi connectivity index (χ2n) is 3.76. The molecule has 0 aliphatic rings. The van der Waals surface area contributed by atoms with Crippen LogP contribution in [-0.4, -0.2) is 27.2 Å². The number of nitrogens with one attached hydrogen (secondary N) is 1. The number of hydrogen-bond donors (Lipinski definition) is 2. The maximum atomic E-state index is 5.96. The van der Waals surface area contributed by atoms with Crippen molar-refractivity contribution in [3.63, 3.8) is 0 Å². The summed E-state index contributed by atoms with van der Waals surface area (Å²) in [6.45, 7) is 1.84. The van der Waals surface area contributed by atoms with Crippen molar-refractivity contribution in [3.8, 4) is 0 Å². The molecule has 0 radical (unpaired) electrons. The molecule has 0 aromatic carbocycles. The number of aromatic nitrogens is 4. The standard InChI is InChI=1S/C10H15N5O2/c1-6(16-2)9-14-10(17-15-9)8(11)3-7-4-12-5-13-7/h4-6,8H,3,11H2,1-2H3,(H,12,13)/t6?,8-/m0/s1. The molecule has 1 unspecified atom stereocenters. The van der Waals surface area contributed by atoms with E-state index in [1.807, 2.05) is 6.92 Å². The van der Waals surface area contributed by atoms with Crippen LogP contribution in [0.1, 0.15) is 36.5 Å². The van der Waals surface area contributed by atoms with Crippen LogP contribution in [0.3, 0.4) is 0 Å². The van der Waals surface area contributed by atoms with Gasteiger partial charge < -0.3 is 20.0 Å². The van der Waals surface area contributed by atoms with Crippen LogP contribution in [0.2, 0.25) is 0 Å². The molecule has 0 aliphatic carbocycles. The lowest BCUT2D eigenvalue weighted by Crippen LogP contribution is -2.14. The smallest absolute Gasteiger partial charge is 0.244 e. The van der Waals surface area contributed by atoms with Gasteiger partial charge in [0.05, 0.1) is 12.4 Å². The van der Waals surface area contributed by atoms with Crippen LogP contribution in [0, 0.1) is 0 Å². The van der Waals surface area contributed by atoms with Gasteiger partial charge in [-0.15, -0.1) is 0 Å².